The first-order chi connectivity index (χ1) is 10.2. The Kier molecular flexibility index (Phi) is 6.59. The molecule has 0 amide bonds. The van der Waals surface area contributed by atoms with Gasteiger partial charge in [0.1, 0.15) is 0 Å². The maximum atomic E-state index is 12.8. The normalized spacial score (nSPS) is 23.3. The second-order valence-corrected chi connectivity index (χ2v) is 9.01. The van der Waals surface area contributed by atoms with E-state index in [1.807, 2.05) is 6.92 Å². The summed E-state index contributed by atoms with van der Waals surface area (Å²) in [6, 6.07) is 4.83. The van der Waals surface area contributed by atoms with Crippen LogP contribution in [0.5, 0.6) is 0 Å². The van der Waals surface area contributed by atoms with E-state index >= 15 is 0 Å². The zero-order chi connectivity index (χ0) is 16.5. The number of hydrogen-bond acceptors (Lipinski definition) is 5. The largest absolute Gasteiger partial charge is 0.329 e. The van der Waals surface area contributed by atoms with Crippen LogP contribution in [0.25, 0.3) is 0 Å². The number of piperidine rings is 1. The lowest BCUT2D eigenvalue weighted by molar-refractivity contribution is 0.192. The van der Waals surface area contributed by atoms with Crippen LogP contribution in [0.15, 0.2) is 34.1 Å². The van der Waals surface area contributed by atoms with Crippen molar-refractivity contribution in [3.63, 3.8) is 0 Å². The number of hydrogen-bond donors (Lipinski definition) is 2. The number of benzene rings is 1. The molecule has 1 saturated heterocycles. The van der Waals surface area contributed by atoms with Crippen molar-refractivity contribution in [2.24, 2.45) is 16.8 Å². The zero-order valence-electron chi connectivity index (χ0n) is 12.8. The molecule has 2 rings (SSSR count). The molecular weight excluding hydrogens is 362 g/mol. The molecule has 10 heteroatoms. The van der Waals surface area contributed by atoms with Gasteiger partial charge in [0.15, 0.2) is 0 Å². The minimum absolute atomic E-state index is 0. The van der Waals surface area contributed by atoms with Gasteiger partial charge in [-0.2, -0.15) is 4.31 Å². The van der Waals surface area contributed by atoms with Crippen molar-refractivity contribution in [2.75, 3.05) is 13.1 Å². The van der Waals surface area contributed by atoms with Crippen molar-refractivity contribution in [3.8, 4) is 0 Å². The van der Waals surface area contributed by atoms with Crippen LogP contribution in [0.3, 0.4) is 0 Å². The summed E-state index contributed by atoms with van der Waals surface area (Å²) >= 11 is 0. The first-order valence-corrected chi connectivity index (χ1v) is 10.0. The fraction of sp³-hybridized carbons (Fsp3) is 0.538. The van der Waals surface area contributed by atoms with Gasteiger partial charge in [-0.15, -0.1) is 12.4 Å². The average molecular weight is 384 g/mol. The summed E-state index contributed by atoms with van der Waals surface area (Å²) in [5, 5.41) is 5.07. The maximum Gasteiger partial charge on any atom is 0.243 e. The predicted molar refractivity (Wildman–Crippen MR) is 90.2 cm³/mol. The van der Waals surface area contributed by atoms with Crippen molar-refractivity contribution < 1.29 is 16.8 Å². The molecule has 0 spiro atoms. The number of rotatable bonds is 4. The number of sulfonamides is 2. The standard InChI is InChI=1S/C13H21N3O4S2.ClH/c1-10-4-3-7-16(13(10)9-14)22(19,20)12-6-2-5-11(8-12)21(15,17)18;/h2,5-6,8,10,13H,3-4,7,9,14H2,1H3,(H2,15,17,18);1H. The second-order valence-electron chi connectivity index (χ2n) is 5.56. The molecule has 0 aliphatic carbocycles. The van der Waals surface area contributed by atoms with Crippen LogP contribution < -0.4 is 10.9 Å². The Morgan fingerprint density at radius 2 is 1.83 bits per heavy atom. The van der Waals surface area contributed by atoms with E-state index < -0.39 is 20.0 Å². The second kappa shape index (κ2) is 7.45. The van der Waals surface area contributed by atoms with Crippen molar-refractivity contribution in [1.82, 2.24) is 4.31 Å². The molecule has 23 heavy (non-hydrogen) atoms. The van der Waals surface area contributed by atoms with Gasteiger partial charge in [0.05, 0.1) is 9.79 Å². The first-order valence-electron chi connectivity index (χ1n) is 7.02. The fourth-order valence-electron chi connectivity index (χ4n) is 2.81. The zero-order valence-corrected chi connectivity index (χ0v) is 15.2. The molecule has 4 N–H and O–H groups in total. The Balaban J connectivity index is 0.00000264. The highest BCUT2D eigenvalue weighted by molar-refractivity contribution is 7.90. The van der Waals surface area contributed by atoms with E-state index in [1.165, 1.54) is 22.5 Å². The number of nitrogens with zero attached hydrogens (tertiary/aromatic N) is 1. The lowest BCUT2D eigenvalue weighted by atomic mass is 9.93. The molecular formula is C13H22ClN3O4S2. The summed E-state index contributed by atoms with van der Waals surface area (Å²) in [6.07, 6.45) is 1.68. The van der Waals surface area contributed by atoms with Gasteiger partial charge in [-0.05, 0) is 37.0 Å². The number of primary sulfonamides is 1. The summed E-state index contributed by atoms with van der Waals surface area (Å²) in [7, 11) is -7.76. The van der Waals surface area contributed by atoms with Crippen molar-refractivity contribution in [1.29, 1.82) is 0 Å². The van der Waals surface area contributed by atoms with E-state index in [-0.39, 0.29) is 40.7 Å². The fourth-order valence-corrected chi connectivity index (χ4v) is 5.26. The molecule has 1 aromatic carbocycles. The van der Waals surface area contributed by atoms with Crippen molar-refractivity contribution in [2.45, 2.75) is 35.6 Å². The van der Waals surface area contributed by atoms with Crippen LogP contribution in [-0.2, 0) is 20.0 Å². The third-order valence-corrected chi connectivity index (χ3v) is 6.88. The quantitative estimate of drug-likeness (QED) is 0.783. The van der Waals surface area contributed by atoms with Crippen LogP contribution in [0.1, 0.15) is 19.8 Å². The highest BCUT2D eigenvalue weighted by Crippen LogP contribution is 2.29. The molecule has 1 aliphatic rings. The molecule has 0 saturated carbocycles. The lowest BCUT2D eigenvalue weighted by Gasteiger charge is -2.38. The van der Waals surface area contributed by atoms with Gasteiger partial charge in [0.2, 0.25) is 20.0 Å². The monoisotopic (exact) mass is 383 g/mol. The van der Waals surface area contributed by atoms with E-state index in [4.69, 9.17) is 10.9 Å². The van der Waals surface area contributed by atoms with Gasteiger partial charge in [0, 0.05) is 19.1 Å². The Morgan fingerprint density at radius 3 is 2.39 bits per heavy atom. The van der Waals surface area contributed by atoms with Gasteiger partial charge in [-0.3, -0.25) is 0 Å². The van der Waals surface area contributed by atoms with Gasteiger partial charge >= 0.3 is 0 Å². The Bertz CT molecular complexity index is 752. The van der Waals surface area contributed by atoms with E-state index in [0.717, 1.165) is 18.9 Å². The first kappa shape index (κ1) is 20.3. The summed E-state index contributed by atoms with van der Waals surface area (Å²) in [5.74, 6) is 0.162. The molecule has 0 aromatic heterocycles. The Labute approximate surface area is 143 Å². The highest BCUT2D eigenvalue weighted by Gasteiger charge is 2.36. The predicted octanol–water partition coefficient (Wildman–Crippen LogP) is 0.504. The third kappa shape index (κ3) is 4.23. The van der Waals surface area contributed by atoms with Gasteiger partial charge in [-0.25, -0.2) is 22.0 Å². The molecule has 1 aromatic rings. The van der Waals surface area contributed by atoms with E-state index in [9.17, 15) is 16.8 Å². The molecule has 0 radical (unpaired) electrons. The van der Waals surface area contributed by atoms with Gasteiger partial charge in [-0.1, -0.05) is 13.0 Å². The van der Waals surface area contributed by atoms with Crippen LogP contribution in [0, 0.1) is 5.92 Å². The van der Waals surface area contributed by atoms with Crippen molar-refractivity contribution >= 4 is 32.5 Å². The summed E-state index contributed by atoms with van der Waals surface area (Å²) < 4.78 is 49.8. The smallest absolute Gasteiger partial charge is 0.243 e. The van der Waals surface area contributed by atoms with Crippen LogP contribution >= 0.6 is 12.4 Å². The van der Waals surface area contributed by atoms with E-state index in [0.29, 0.717) is 6.54 Å². The van der Waals surface area contributed by atoms with Crippen LogP contribution in [0.2, 0.25) is 0 Å². The van der Waals surface area contributed by atoms with Gasteiger partial charge < -0.3 is 5.73 Å². The van der Waals surface area contributed by atoms with Crippen LogP contribution in [-0.4, -0.2) is 40.3 Å². The van der Waals surface area contributed by atoms with Crippen LogP contribution in [0.4, 0.5) is 0 Å². The third-order valence-electron chi connectivity index (χ3n) is 4.05. The van der Waals surface area contributed by atoms with Gasteiger partial charge in [0.25, 0.3) is 0 Å². The minimum atomic E-state index is -3.95. The SMILES string of the molecule is CC1CCCN(S(=O)(=O)c2cccc(S(N)(=O)=O)c2)C1CN.Cl. The van der Waals surface area contributed by atoms with E-state index in [1.54, 1.807) is 0 Å². The highest BCUT2D eigenvalue weighted by atomic mass is 35.5. The molecule has 1 aliphatic heterocycles. The van der Waals surface area contributed by atoms with E-state index in [2.05, 4.69) is 0 Å². The number of halogens is 1. The molecule has 1 heterocycles. The molecule has 2 unspecified atom stereocenters. The minimum Gasteiger partial charge on any atom is -0.329 e. The molecule has 1 fully saturated rings. The molecule has 0 bridgehead atoms. The summed E-state index contributed by atoms with van der Waals surface area (Å²) in [5.41, 5.74) is 5.74. The molecule has 2 atom stereocenters. The summed E-state index contributed by atoms with van der Waals surface area (Å²) in [4.78, 5) is -0.297. The topological polar surface area (TPSA) is 124 Å². The maximum absolute atomic E-state index is 12.8. The Morgan fingerprint density at radius 1 is 1.22 bits per heavy atom. The molecule has 132 valence electrons. The lowest BCUT2D eigenvalue weighted by Crippen LogP contribution is -2.51. The Hall–Kier alpha value is -0.710. The van der Waals surface area contributed by atoms with Crippen molar-refractivity contribution in [3.05, 3.63) is 24.3 Å². The average Bonchev–Trinajstić information content (AvgIpc) is 2.46. The number of nitrogens with two attached hydrogens (primary N) is 2. The summed E-state index contributed by atoms with van der Waals surface area (Å²) in [6.45, 7) is 2.59. The molecule has 7 nitrogen and oxygen atoms in total.